The van der Waals surface area contributed by atoms with E-state index in [0.717, 1.165) is 11.3 Å². The van der Waals surface area contributed by atoms with Gasteiger partial charge in [0.15, 0.2) is 5.17 Å². The lowest BCUT2D eigenvalue weighted by atomic mass is 10.1. The number of rotatable bonds is 3. The number of para-hydroxylation sites is 1. The predicted octanol–water partition coefficient (Wildman–Crippen LogP) is 3.36. The normalized spacial score (nSPS) is 17.1. The van der Waals surface area contributed by atoms with E-state index in [0.29, 0.717) is 15.6 Å². The molecule has 0 saturated carbocycles. The van der Waals surface area contributed by atoms with Crippen LogP contribution in [0.15, 0.2) is 64.5 Å². The van der Waals surface area contributed by atoms with Gasteiger partial charge in [-0.05, 0) is 47.7 Å². The van der Waals surface area contributed by atoms with Crippen molar-refractivity contribution in [2.24, 2.45) is 4.99 Å². The van der Waals surface area contributed by atoms with Crippen molar-refractivity contribution < 1.29 is 14.3 Å². The molecule has 1 amide bonds. The number of nitrogens with one attached hydrogen (secondary N) is 1. The Balaban J connectivity index is 1.77. The number of amides is 1. The molecule has 0 atom stereocenters. The fourth-order valence-electron chi connectivity index (χ4n) is 2.08. The second-order valence-electron chi connectivity index (χ2n) is 4.93. The van der Waals surface area contributed by atoms with Crippen LogP contribution >= 0.6 is 11.8 Å². The van der Waals surface area contributed by atoms with Gasteiger partial charge in [-0.2, -0.15) is 0 Å². The van der Waals surface area contributed by atoms with E-state index in [-0.39, 0.29) is 11.9 Å². The molecule has 1 saturated heterocycles. The van der Waals surface area contributed by atoms with Gasteiger partial charge in [0.05, 0.1) is 23.3 Å². The number of esters is 1. The number of carbonyl (C=O) groups excluding carboxylic acids is 2. The summed E-state index contributed by atoms with van der Waals surface area (Å²) >= 11 is 1.28. The minimum absolute atomic E-state index is 0.188. The number of methoxy groups -OCH3 is 1. The van der Waals surface area contributed by atoms with Gasteiger partial charge in [-0.1, -0.05) is 30.3 Å². The maximum Gasteiger partial charge on any atom is 0.337 e. The Morgan fingerprint density at radius 2 is 1.83 bits per heavy atom. The second kappa shape index (κ2) is 7.14. The number of nitrogens with zero attached hydrogens (tertiary/aromatic N) is 1. The third-order valence-electron chi connectivity index (χ3n) is 3.27. The molecule has 6 heteroatoms. The molecule has 0 aliphatic carbocycles. The number of carbonyl (C=O) groups is 2. The van der Waals surface area contributed by atoms with Crippen molar-refractivity contribution >= 4 is 40.6 Å². The van der Waals surface area contributed by atoms with Crippen LogP contribution in [0.2, 0.25) is 0 Å². The van der Waals surface area contributed by atoms with Crippen molar-refractivity contribution in [3.8, 4) is 0 Å². The number of hydrogen-bond donors (Lipinski definition) is 1. The Kier molecular flexibility index (Phi) is 4.77. The summed E-state index contributed by atoms with van der Waals surface area (Å²) in [6.45, 7) is 0. The van der Waals surface area contributed by atoms with Gasteiger partial charge in [-0.3, -0.25) is 4.79 Å². The average molecular weight is 338 g/mol. The van der Waals surface area contributed by atoms with Gasteiger partial charge in [0, 0.05) is 0 Å². The third kappa shape index (κ3) is 3.72. The minimum Gasteiger partial charge on any atom is -0.465 e. The highest BCUT2D eigenvalue weighted by molar-refractivity contribution is 8.18. The van der Waals surface area contributed by atoms with Gasteiger partial charge in [0.2, 0.25) is 0 Å². The summed E-state index contributed by atoms with van der Waals surface area (Å²) in [4.78, 5) is 28.4. The van der Waals surface area contributed by atoms with Crippen LogP contribution in [-0.2, 0) is 9.53 Å². The Bertz CT molecular complexity index is 827. The molecule has 0 unspecified atom stereocenters. The van der Waals surface area contributed by atoms with E-state index in [4.69, 9.17) is 0 Å². The molecule has 1 aliphatic rings. The Hall–Kier alpha value is -2.86. The summed E-state index contributed by atoms with van der Waals surface area (Å²) in [7, 11) is 1.34. The zero-order chi connectivity index (χ0) is 16.9. The van der Waals surface area contributed by atoms with E-state index < -0.39 is 0 Å². The fourth-order valence-corrected chi connectivity index (χ4v) is 2.93. The van der Waals surface area contributed by atoms with Crippen molar-refractivity contribution in [1.29, 1.82) is 0 Å². The molecule has 3 rings (SSSR count). The molecule has 1 heterocycles. The van der Waals surface area contributed by atoms with Crippen molar-refractivity contribution in [3.05, 3.63) is 70.6 Å². The zero-order valence-electron chi connectivity index (χ0n) is 12.9. The molecule has 5 nitrogen and oxygen atoms in total. The van der Waals surface area contributed by atoms with Crippen LogP contribution in [0, 0.1) is 0 Å². The molecule has 120 valence electrons. The summed E-state index contributed by atoms with van der Waals surface area (Å²) < 4.78 is 4.66. The highest BCUT2D eigenvalue weighted by Crippen LogP contribution is 2.28. The third-order valence-corrected chi connectivity index (χ3v) is 4.18. The van der Waals surface area contributed by atoms with Gasteiger partial charge in [-0.25, -0.2) is 9.79 Å². The molecule has 1 fully saturated rings. The van der Waals surface area contributed by atoms with Crippen molar-refractivity contribution in [2.75, 3.05) is 7.11 Å². The number of hydrogen-bond acceptors (Lipinski definition) is 5. The maximum absolute atomic E-state index is 12.0. The summed E-state index contributed by atoms with van der Waals surface area (Å²) in [6.07, 6.45) is 1.76. The molecule has 2 aromatic carbocycles. The summed E-state index contributed by atoms with van der Waals surface area (Å²) in [6, 6.07) is 16.3. The number of thioether (sulfide) groups is 1. The molecule has 2 aromatic rings. The van der Waals surface area contributed by atoms with Crippen LogP contribution in [0.4, 0.5) is 5.69 Å². The Labute approximate surface area is 143 Å². The smallest absolute Gasteiger partial charge is 0.337 e. The molecule has 0 bridgehead atoms. The van der Waals surface area contributed by atoms with Crippen molar-refractivity contribution in [2.45, 2.75) is 0 Å². The standard InChI is InChI=1S/C18H14N2O3S/c1-23-17(22)13-9-7-12(8-10-13)11-15-16(21)20-18(24-15)19-14-5-3-2-4-6-14/h2-11H,1H3,(H,19,20,21)/b15-11-. The lowest BCUT2D eigenvalue weighted by Gasteiger charge is -1.99. The predicted molar refractivity (Wildman–Crippen MR) is 95.0 cm³/mol. The highest BCUT2D eigenvalue weighted by Gasteiger charge is 2.23. The lowest BCUT2D eigenvalue weighted by molar-refractivity contribution is -0.115. The largest absolute Gasteiger partial charge is 0.465 e. The molecular formula is C18H14N2O3S. The minimum atomic E-state index is -0.389. The topological polar surface area (TPSA) is 67.8 Å². The zero-order valence-corrected chi connectivity index (χ0v) is 13.7. The lowest BCUT2D eigenvalue weighted by Crippen LogP contribution is -2.19. The first-order valence-corrected chi connectivity index (χ1v) is 8.00. The van der Waals surface area contributed by atoms with Crippen molar-refractivity contribution in [1.82, 2.24) is 5.32 Å². The SMILES string of the molecule is COC(=O)c1ccc(/C=C2\SC(=Nc3ccccc3)NC2=O)cc1. The fraction of sp³-hybridized carbons (Fsp3) is 0.0556. The van der Waals surface area contributed by atoms with Gasteiger partial charge in [0.25, 0.3) is 5.91 Å². The molecular weight excluding hydrogens is 324 g/mol. The maximum atomic E-state index is 12.0. The molecule has 1 aliphatic heterocycles. The second-order valence-corrected chi connectivity index (χ2v) is 5.96. The number of ether oxygens (including phenoxy) is 1. The van der Waals surface area contributed by atoms with Crippen LogP contribution in [0.3, 0.4) is 0 Å². The van der Waals surface area contributed by atoms with E-state index in [1.165, 1.54) is 18.9 Å². The molecule has 0 spiro atoms. The number of amidine groups is 1. The van der Waals surface area contributed by atoms with E-state index in [1.807, 2.05) is 30.3 Å². The highest BCUT2D eigenvalue weighted by atomic mass is 32.2. The van der Waals surface area contributed by atoms with E-state index in [9.17, 15) is 9.59 Å². The Morgan fingerprint density at radius 1 is 1.12 bits per heavy atom. The van der Waals surface area contributed by atoms with Gasteiger partial charge in [-0.15, -0.1) is 0 Å². The Morgan fingerprint density at radius 3 is 2.50 bits per heavy atom. The first kappa shape index (κ1) is 16.0. The number of benzene rings is 2. The van der Waals surface area contributed by atoms with Gasteiger partial charge < -0.3 is 10.1 Å². The average Bonchev–Trinajstić information content (AvgIpc) is 2.95. The van der Waals surface area contributed by atoms with Gasteiger partial charge >= 0.3 is 5.97 Å². The molecule has 0 aromatic heterocycles. The quantitative estimate of drug-likeness (QED) is 0.688. The van der Waals surface area contributed by atoms with E-state index in [1.54, 1.807) is 30.3 Å². The summed E-state index contributed by atoms with van der Waals surface area (Å²) in [5, 5.41) is 3.29. The van der Waals surface area contributed by atoms with Crippen LogP contribution < -0.4 is 5.32 Å². The first-order chi connectivity index (χ1) is 11.7. The van der Waals surface area contributed by atoms with Crippen LogP contribution in [-0.4, -0.2) is 24.2 Å². The monoisotopic (exact) mass is 338 g/mol. The molecule has 1 N–H and O–H groups in total. The van der Waals surface area contributed by atoms with E-state index >= 15 is 0 Å². The van der Waals surface area contributed by atoms with E-state index in [2.05, 4.69) is 15.0 Å². The first-order valence-electron chi connectivity index (χ1n) is 7.19. The molecule has 24 heavy (non-hydrogen) atoms. The van der Waals surface area contributed by atoms with Crippen LogP contribution in [0.5, 0.6) is 0 Å². The van der Waals surface area contributed by atoms with Crippen LogP contribution in [0.1, 0.15) is 15.9 Å². The number of aliphatic imine (C=N–C) groups is 1. The summed E-state index contributed by atoms with van der Waals surface area (Å²) in [5.74, 6) is -0.578. The van der Waals surface area contributed by atoms with Gasteiger partial charge in [0.1, 0.15) is 0 Å². The van der Waals surface area contributed by atoms with Crippen molar-refractivity contribution in [3.63, 3.8) is 0 Å². The summed E-state index contributed by atoms with van der Waals surface area (Å²) in [5.41, 5.74) is 2.07. The molecule has 0 radical (unpaired) electrons. The van der Waals surface area contributed by atoms with Crippen LogP contribution in [0.25, 0.3) is 6.08 Å².